The number of esters is 1. The number of nitrogens with one attached hydrogen (secondary N) is 1. The van der Waals surface area contributed by atoms with Gasteiger partial charge in [0.1, 0.15) is 11.5 Å². The minimum Gasteiger partial charge on any atom is -0.496 e. The van der Waals surface area contributed by atoms with Crippen molar-refractivity contribution in [3.63, 3.8) is 0 Å². The zero-order valence-corrected chi connectivity index (χ0v) is 16.6. The van der Waals surface area contributed by atoms with Crippen LogP contribution in [-0.2, 0) is 9.53 Å². The molecule has 0 unspecified atom stereocenters. The van der Waals surface area contributed by atoms with Crippen LogP contribution < -0.4 is 14.8 Å². The number of hydrogen-bond donors (Lipinski definition) is 1. The summed E-state index contributed by atoms with van der Waals surface area (Å²) in [6.07, 6.45) is 0.245. The minimum absolute atomic E-state index is 0.118. The SMILES string of the molecule is COc1cc(C(=O)O[C@@H](C)C(=O)Nc2ncc(Cl)cc2Cl)cc(OC)c1C. The maximum Gasteiger partial charge on any atom is 0.339 e. The maximum absolute atomic E-state index is 12.4. The summed E-state index contributed by atoms with van der Waals surface area (Å²) in [6, 6.07) is 4.47. The van der Waals surface area contributed by atoms with Crippen molar-refractivity contribution in [2.45, 2.75) is 20.0 Å². The van der Waals surface area contributed by atoms with Crippen LogP contribution in [0.15, 0.2) is 24.4 Å². The Kier molecular flexibility index (Phi) is 6.87. The first-order chi connectivity index (χ1) is 12.8. The van der Waals surface area contributed by atoms with Crippen molar-refractivity contribution < 1.29 is 23.8 Å². The standard InChI is InChI=1S/C18H18Cl2N2O5/c1-9-14(25-3)5-11(6-15(9)26-4)18(24)27-10(2)17(23)22-16-13(20)7-12(19)8-21-16/h5-8,10H,1-4H3,(H,21,22,23)/t10-/m0/s1. The second kappa shape index (κ2) is 8.92. The highest BCUT2D eigenvalue weighted by atomic mass is 35.5. The number of ether oxygens (including phenoxy) is 3. The van der Waals surface area contributed by atoms with E-state index in [0.29, 0.717) is 16.5 Å². The average Bonchev–Trinajstić information content (AvgIpc) is 2.63. The predicted molar refractivity (Wildman–Crippen MR) is 102 cm³/mol. The second-order valence-electron chi connectivity index (χ2n) is 5.53. The quantitative estimate of drug-likeness (QED) is 0.723. The third-order valence-corrected chi connectivity index (χ3v) is 4.19. The Morgan fingerprint density at radius 1 is 1.11 bits per heavy atom. The van der Waals surface area contributed by atoms with Crippen LogP contribution in [0.25, 0.3) is 0 Å². The van der Waals surface area contributed by atoms with Crippen LogP contribution in [0.2, 0.25) is 10.0 Å². The molecule has 2 rings (SSSR count). The van der Waals surface area contributed by atoms with Gasteiger partial charge in [-0.2, -0.15) is 0 Å². The summed E-state index contributed by atoms with van der Waals surface area (Å²) >= 11 is 11.7. The van der Waals surface area contributed by atoms with Crippen LogP contribution >= 0.6 is 23.2 Å². The van der Waals surface area contributed by atoms with Gasteiger partial charge in [-0.25, -0.2) is 9.78 Å². The molecule has 1 aromatic carbocycles. The van der Waals surface area contributed by atoms with Crippen molar-refractivity contribution in [2.24, 2.45) is 0 Å². The fourth-order valence-electron chi connectivity index (χ4n) is 2.21. The lowest BCUT2D eigenvalue weighted by atomic mass is 10.1. The number of anilines is 1. The summed E-state index contributed by atoms with van der Waals surface area (Å²) in [5.41, 5.74) is 0.933. The normalized spacial score (nSPS) is 11.5. The molecule has 1 amide bonds. The van der Waals surface area contributed by atoms with E-state index in [1.54, 1.807) is 6.92 Å². The fraction of sp³-hybridized carbons (Fsp3) is 0.278. The number of carbonyl (C=O) groups is 2. The molecule has 1 heterocycles. The van der Waals surface area contributed by atoms with Crippen LogP contribution in [0.3, 0.4) is 0 Å². The molecule has 7 nitrogen and oxygen atoms in total. The molecule has 0 saturated carbocycles. The average molecular weight is 413 g/mol. The first kappa shape index (κ1) is 20.8. The van der Waals surface area contributed by atoms with Gasteiger partial charge in [0, 0.05) is 11.8 Å². The van der Waals surface area contributed by atoms with Crippen molar-refractivity contribution >= 4 is 40.9 Å². The van der Waals surface area contributed by atoms with E-state index in [4.69, 9.17) is 37.4 Å². The Balaban J connectivity index is 2.11. The van der Waals surface area contributed by atoms with Crippen molar-refractivity contribution in [1.82, 2.24) is 4.98 Å². The highest BCUT2D eigenvalue weighted by Gasteiger charge is 2.22. The van der Waals surface area contributed by atoms with Gasteiger partial charge in [-0.05, 0) is 32.0 Å². The molecule has 27 heavy (non-hydrogen) atoms. The summed E-state index contributed by atoms with van der Waals surface area (Å²) in [6.45, 7) is 3.23. The van der Waals surface area contributed by atoms with Gasteiger partial charge in [0.25, 0.3) is 5.91 Å². The Labute approximate surface area is 166 Å². The Morgan fingerprint density at radius 3 is 2.22 bits per heavy atom. The summed E-state index contributed by atoms with van der Waals surface area (Å²) in [7, 11) is 2.96. The summed E-state index contributed by atoms with van der Waals surface area (Å²) in [5, 5.41) is 2.98. The van der Waals surface area contributed by atoms with Crippen LogP contribution in [0.5, 0.6) is 11.5 Å². The van der Waals surface area contributed by atoms with E-state index >= 15 is 0 Å². The summed E-state index contributed by atoms with van der Waals surface area (Å²) in [5.74, 6) is -0.241. The number of nitrogens with zero attached hydrogens (tertiary/aromatic N) is 1. The smallest absolute Gasteiger partial charge is 0.339 e. The predicted octanol–water partition coefficient (Wildman–Crippen LogP) is 3.90. The third-order valence-electron chi connectivity index (χ3n) is 3.69. The molecule has 0 bridgehead atoms. The number of aromatic nitrogens is 1. The van der Waals surface area contributed by atoms with E-state index in [1.165, 1.54) is 45.5 Å². The molecular weight excluding hydrogens is 395 g/mol. The van der Waals surface area contributed by atoms with Crippen LogP contribution in [0.4, 0.5) is 5.82 Å². The number of amides is 1. The molecule has 1 aromatic heterocycles. The molecule has 0 radical (unpaired) electrons. The van der Waals surface area contributed by atoms with Crippen molar-refractivity contribution in [1.29, 1.82) is 0 Å². The maximum atomic E-state index is 12.4. The number of rotatable bonds is 6. The topological polar surface area (TPSA) is 86.8 Å². The van der Waals surface area contributed by atoms with Gasteiger partial charge in [0.2, 0.25) is 0 Å². The van der Waals surface area contributed by atoms with Crippen molar-refractivity contribution in [2.75, 3.05) is 19.5 Å². The molecule has 2 aromatic rings. The number of benzene rings is 1. The number of carbonyl (C=O) groups excluding carboxylic acids is 2. The first-order valence-corrected chi connectivity index (χ1v) is 8.58. The molecule has 0 saturated heterocycles. The van der Waals surface area contributed by atoms with E-state index < -0.39 is 18.0 Å². The molecule has 1 atom stereocenters. The minimum atomic E-state index is -1.09. The zero-order chi connectivity index (χ0) is 20.1. The van der Waals surface area contributed by atoms with Gasteiger partial charge in [-0.15, -0.1) is 0 Å². The van der Waals surface area contributed by atoms with Crippen LogP contribution in [0.1, 0.15) is 22.8 Å². The molecule has 1 N–H and O–H groups in total. The van der Waals surface area contributed by atoms with Gasteiger partial charge in [0.05, 0.1) is 29.8 Å². The number of halogens is 2. The molecule has 9 heteroatoms. The zero-order valence-electron chi connectivity index (χ0n) is 15.1. The Bertz CT molecular complexity index is 848. The van der Waals surface area contributed by atoms with E-state index in [2.05, 4.69) is 10.3 Å². The van der Waals surface area contributed by atoms with Crippen LogP contribution in [-0.4, -0.2) is 37.2 Å². The number of hydrogen-bond acceptors (Lipinski definition) is 6. The van der Waals surface area contributed by atoms with Gasteiger partial charge >= 0.3 is 5.97 Å². The van der Waals surface area contributed by atoms with Gasteiger partial charge in [-0.3, -0.25) is 4.79 Å². The summed E-state index contributed by atoms with van der Waals surface area (Å²) in [4.78, 5) is 28.6. The second-order valence-corrected chi connectivity index (χ2v) is 6.37. The van der Waals surface area contributed by atoms with E-state index in [-0.39, 0.29) is 16.4 Å². The van der Waals surface area contributed by atoms with E-state index in [1.807, 2.05) is 0 Å². The Morgan fingerprint density at radius 2 is 1.70 bits per heavy atom. The molecule has 0 spiro atoms. The van der Waals surface area contributed by atoms with E-state index in [0.717, 1.165) is 5.56 Å². The molecule has 0 fully saturated rings. The number of pyridine rings is 1. The van der Waals surface area contributed by atoms with Gasteiger partial charge in [-0.1, -0.05) is 23.2 Å². The molecule has 0 aliphatic carbocycles. The highest BCUT2D eigenvalue weighted by Crippen LogP contribution is 2.30. The van der Waals surface area contributed by atoms with Crippen molar-refractivity contribution in [3.05, 3.63) is 45.6 Å². The fourth-order valence-corrected chi connectivity index (χ4v) is 2.64. The molecule has 0 aliphatic rings. The largest absolute Gasteiger partial charge is 0.496 e. The van der Waals surface area contributed by atoms with E-state index in [9.17, 15) is 9.59 Å². The monoisotopic (exact) mass is 412 g/mol. The van der Waals surface area contributed by atoms with Gasteiger partial charge < -0.3 is 19.5 Å². The molecule has 144 valence electrons. The lowest BCUT2D eigenvalue weighted by Crippen LogP contribution is -2.30. The third kappa shape index (κ3) is 5.02. The lowest BCUT2D eigenvalue weighted by molar-refractivity contribution is -0.123. The summed E-state index contributed by atoms with van der Waals surface area (Å²) < 4.78 is 15.7. The van der Waals surface area contributed by atoms with Crippen molar-refractivity contribution in [3.8, 4) is 11.5 Å². The van der Waals surface area contributed by atoms with Crippen LogP contribution in [0, 0.1) is 6.92 Å². The van der Waals surface area contributed by atoms with Gasteiger partial charge in [0.15, 0.2) is 11.9 Å². The number of methoxy groups -OCH3 is 2. The Hall–Kier alpha value is -2.51. The molecular formula is C18H18Cl2N2O5. The molecule has 0 aliphatic heterocycles. The first-order valence-electron chi connectivity index (χ1n) is 7.82. The lowest BCUT2D eigenvalue weighted by Gasteiger charge is -2.15. The highest BCUT2D eigenvalue weighted by molar-refractivity contribution is 6.36.